The maximum atomic E-state index is 10.8. The highest BCUT2D eigenvalue weighted by Crippen LogP contribution is 2.31. The molecule has 2 aromatic rings. The van der Waals surface area contributed by atoms with Crippen molar-refractivity contribution in [1.82, 2.24) is 15.1 Å². The summed E-state index contributed by atoms with van der Waals surface area (Å²) in [5.74, 6) is 1.43. The predicted molar refractivity (Wildman–Crippen MR) is 89.2 cm³/mol. The van der Waals surface area contributed by atoms with Gasteiger partial charge in [-0.15, -0.1) is 0 Å². The molecule has 1 saturated heterocycles. The van der Waals surface area contributed by atoms with Gasteiger partial charge in [0, 0.05) is 25.8 Å². The number of nitrogens with one attached hydrogen (secondary N) is 1. The molecule has 0 aliphatic carbocycles. The number of aliphatic hydroxyl groups is 1. The first-order valence-corrected chi connectivity index (χ1v) is 8.21. The molecule has 3 rings (SSSR count). The Morgan fingerprint density at radius 1 is 1.39 bits per heavy atom. The minimum Gasteiger partial charge on any atom is -0.493 e. The predicted octanol–water partition coefficient (Wildman–Crippen LogP) is 2.54. The van der Waals surface area contributed by atoms with Gasteiger partial charge in [-0.25, -0.2) is 0 Å². The van der Waals surface area contributed by atoms with E-state index in [1.807, 2.05) is 18.2 Å². The van der Waals surface area contributed by atoms with E-state index in [4.69, 9.17) is 4.74 Å². The number of rotatable bonds is 6. The molecule has 0 amide bonds. The molecule has 2 N–H and O–H groups in total. The molecule has 1 fully saturated rings. The highest BCUT2D eigenvalue weighted by atomic mass is 16.5. The lowest BCUT2D eigenvalue weighted by Crippen LogP contribution is -2.31. The van der Waals surface area contributed by atoms with E-state index in [-0.39, 0.29) is 0 Å². The third-order valence-corrected chi connectivity index (χ3v) is 4.22. The number of aromatic amines is 1. The van der Waals surface area contributed by atoms with E-state index in [2.05, 4.69) is 41.1 Å². The summed E-state index contributed by atoms with van der Waals surface area (Å²) in [6.07, 6.45) is 2.41. The Bertz CT molecular complexity index is 627. The van der Waals surface area contributed by atoms with Crippen LogP contribution in [0, 0.1) is 5.92 Å². The Balaban J connectivity index is 1.61. The fraction of sp³-hybridized carbons (Fsp3) is 0.500. The molecular formula is C18H25N3O2. The van der Waals surface area contributed by atoms with E-state index in [0.29, 0.717) is 12.5 Å². The lowest BCUT2D eigenvalue weighted by atomic mass is 9.99. The first kappa shape index (κ1) is 16.0. The van der Waals surface area contributed by atoms with Gasteiger partial charge in [-0.05, 0) is 36.1 Å². The van der Waals surface area contributed by atoms with Crippen molar-refractivity contribution in [3.63, 3.8) is 0 Å². The molecule has 0 spiro atoms. The Kier molecular flexibility index (Phi) is 4.68. The number of ether oxygens (including phenoxy) is 1. The molecule has 1 aromatic heterocycles. The van der Waals surface area contributed by atoms with Gasteiger partial charge in [0.05, 0.1) is 12.3 Å². The zero-order valence-electron chi connectivity index (χ0n) is 13.8. The van der Waals surface area contributed by atoms with Gasteiger partial charge < -0.3 is 9.84 Å². The fourth-order valence-electron chi connectivity index (χ4n) is 3.00. The highest BCUT2D eigenvalue weighted by molar-refractivity contribution is 5.28. The SMILES string of the molecule is CC(C)COc1cccc(CN2CCC(O)(c3ccn[nH]3)C2)c1. The molecule has 1 aliphatic rings. The molecule has 0 saturated carbocycles. The maximum Gasteiger partial charge on any atom is 0.120 e. The van der Waals surface area contributed by atoms with Gasteiger partial charge in [-0.2, -0.15) is 5.10 Å². The van der Waals surface area contributed by atoms with Crippen LogP contribution in [0.25, 0.3) is 0 Å². The number of hydrogen-bond donors (Lipinski definition) is 2. The number of aromatic nitrogens is 2. The molecule has 2 heterocycles. The monoisotopic (exact) mass is 315 g/mol. The van der Waals surface area contributed by atoms with E-state index in [0.717, 1.165) is 37.6 Å². The number of β-amino-alcohol motifs (C(OH)–C–C–N with tert-alkyl or cyclic N) is 1. The summed E-state index contributed by atoms with van der Waals surface area (Å²) in [5.41, 5.74) is 1.19. The van der Waals surface area contributed by atoms with Crippen LogP contribution in [0.5, 0.6) is 5.75 Å². The first-order valence-electron chi connectivity index (χ1n) is 8.21. The molecule has 1 aliphatic heterocycles. The van der Waals surface area contributed by atoms with Gasteiger partial charge in [0.1, 0.15) is 11.4 Å². The third kappa shape index (κ3) is 3.92. The summed E-state index contributed by atoms with van der Waals surface area (Å²) in [4.78, 5) is 2.27. The van der Waals surface area contributed by atoms with E-state index in [1.165, 1.54) is 5.56 Å². The third-order valence-electron chi connectivity index (χ3n) is 4.22. The van der Waals surface area contributed by atoms with Crippen molar-refractivity contribution >= 4 is 0 Å². The van der Waals surface area contributed by atoms with Crippen molar-refractivity contribution in [2.75, 3.05) is 19.7 Å². The standard InChI is InChI=1S/C18H25N3O2/c1-14(2)12-23-16-5-3-4-15(10-16)11-21-9-7-18(22,13-21)17-6-8-19-20-17/h3-6,8,10,14,22H,7,9,11-13H2,1-2H3,(H,19,20). The quantitative estimate of drug-likeness (QED) is 0.860. The normalized spacial score (nSPS) is 21.9. The van der Waals surface area contributed by atoms with Crippen LogP contribution < -0.4 is 4.74 Å². The minimum atomic E-state index is -0.817. The lowest BCUT2D eigenvalue weighted by Gasteiger charge is -2.22. The number of H-pyrrole nitrogens is 1. The molecular weight excluding hydrogens is 290 g/mol. The molecule has 1 unspecified atom stereocenters. The molecule has 0 radical (unpaired) electrons. The van der Waals surface area contributed by atoms with Crippen LogP contribution in [-0.2, 0) is 12.1 Å². The lowest BCUT2D eigenvalue weighted by molar-refractivity contribution is 0.0409. The van der Waals surface area contributed by atoms with Gasteiger partial charge in [-0.3, -0.25) is 10.00 Å². The van der Waals surface area contributed by atoms with Crippen LogP contribution in [0.2, 0.25) is 0 Å². The number of benzene rings is 1. The molecule has 1 aromatic carbocycles. The zero-order chi connectivity index (χ0) is 16.3. The summed E-state index contributed by atoms with van der Waals surface area (Å²) in [6, 6.07) is 10.1. The van der Waals surface area contributed by atoms with Crippen molar-refractivity contribution < 1.29 is 9.84 Å². The van der Waals surface area contributed by atoms with Crippen molar-refractivity contribution in [1.29, 1.82) is 0 Å². The second kappa shape index (κ2) is 6.72. The van der Waals surface area contributed by atoms with E-state index in [1.54, 1.807) is 6.20 Å². The molecule has 0 bridgehead atoms. The van der Waals surface area contributed by atoms with Crippen LogP contribution in [0.15, 0.2) is 36.5 Å². The summed E-state index contributed by atoms with van der Waals surface area (Å²) in [6.45, 7) is 7.32. The molecule has 1 atom stereocenters. The van der Waals surface area contributed by atoms with E-state index in [9.17, 15) is 5.11 Å². The van der Waals surface area contributed by atoms with Crippen molar-refractivity contribution in [3.05, 3.63) is 47.8 Å². The average Bonchev–Trinajstić information content (AvgIpc) is 3.17. The molecule has 5 heteroatoms. The van der Waals surface area contributed by atoms with Crippen LogP contribution >= 0.6 is 0 Å². The van der Waals surface area contributed by atoms with Crippen molar-refractivity contribution in [2.45, 2.75) is 32.4 Å². The van der Waals surface area contributed by atoms with E-state index < -0.39 is 5.60 Å². The smallest absolute Gasteiger partial charge is 0.120 e. The van der Waals surface area contributed by atoms with Gasteiger partial charge in [-0.1, -0.05) is 26.0 Å². The highest BCUT2D eigenvalue weighted by Gasteiger charge is 2.38. The second-order valence-corrected chi connectivity index (χ2v) is 6.81. The Hall–Kier alpha value is -1.85. The number of likely N-dealkylation sites (tertiary alicyclic amines) is 1. The Morgan fingerprint density at radius 2 is 2.26 bits per heavy atom. The zero-order valence-corrected chi connectivity index (χ0v) is 13.8. The average molecular weight is 315 g/mol. The van der Waals surface area contributed by atoms with Crippen molar-refractivity contribution in [2.24, 2.45) is 5.92 Å². The fourth-order valence-corrected chi connectivity index (χ4v) is 3.00. The van der Waals surface area contributed by atoms with Gasteiger partial charge >= 0.3 is 0 Å². The molecule has 5 nitrogen and oxygen atoms in total. The maximum absolute atomic E-state index is 10.8. The number of hydrogen-bond acceptors (Lipinski definition) is 4. The largest absolute Gasteiger partial charge is 0.493 e. The van der Waals surface area contributed by atoms with Crippen molar-refractivity contribution in [3.8, 4) is 5.75 Å². The number of nitrogens with zero attached hydrogens (tertiary/aromatic N) is 2. The van der Waals surface area contributed by atoms with Gasteiger partial charge in [0.15, 0.2) is 0 Å². The van der Waals surface area contributed by atoms with E-state index >= 15 is 0 Å². The van der Waals surface area contributed by atoms with Crippen LogP contribution in [0.3, 0.4) is 0 Å². The van der Waals surface area contributed by atoms with Crippen LogP contribution in [-0.4, -0.2) is 39.9 Å². The summed E-state index contributed by atoms with van der Waals surface area (Å²) < 4.78 is 5.79. The molecule has 23 heavy (non-hydrogen) atoms. The Labute approximate surface area is 137 Å². The van der Waals surface area contributed by atoms with Crippen LogP contribution in [0.4, 0.5) is 0 Å². The minimum absolute atomic E-state index is 0.515. The second-order valence-electron chi connectivity index (χ2n) is 6.81. The van der Waals surface area contributed by atoms with Gasteiger partial charge in [0.25, 0.3) is 0 Å². The molecule has 124 valence electrons. The topological polar surface area (TPSA) is 61.4 Å². The summed E-state index contributed by atoms with van der Waals surface area (Å²) in [7, 11) is 0. The summed E-state index contributed by atoms with van der Waals surface area (Å²) in [5, 5.41) is 17.6. The first-order chi connectivity index (χ1) is 11.0. The van der Waals surface area contributed by atoms with Crippen LogP contribution in [0.1, 0.15) is 31.5 Å². The summed E-state index contributed by atoms with van der Waals surface area (Å²) >= 11 is 0. The van der Waals surface area contributed by atoms with Gasteiger partial charge in [0.2, 0.25) is 0 Å². The Morgan fingerprint density at radius 3 is 3.00 bits per heavy atom.